The molecule has 76 valence electrons. The molecule has 2 N–H and O–H groups in total. The minimum Gasteiger partial charge on any atom is -0.369 e. The van der Waals surface area contributed by atoms with Crippen LogP contribution in [-0.4, -0.2) is 20.1 Å². The Kier molecular flexibility index (Phi) is 2.85. The van der Waals surface area contributed by atoms with Gasteiger partial charge >= 0.3 is 0 Å². The van der Waals surface area contributed by atoms with E-state index in [-0.39, 0.29) is 0 Å². The van der Waals surface area contributed by atoms with Crippen LogP contribution in [0.4, 0.5) is 5.95 Å². The second kappa shape index (κ2) is 4.47. The number of aliphatic hydroxyl groups is 1. The molecule has 1 aromatic carbocycles. The summed E-state index contributed by atoms with van der Waals surface area (Å²) in [6.45, 7) is 0. The van der Waals surface area contributed by atoms with Crippen LogP contribution in [-0.2, 0) is 0 Å². The molecule has 1 atom stereocenters. The number of aromatic nitrogens is 3. The van der Waals surface area contributed by atoms with Gasteiger partial charge in [0.2, 0.25) is 5.95 Å². The van der Waals surface area contributed by atoms with Crippen LogP contribution in [0.5, 0.6) is 0 Å². The van der Waals surface area contributed by atoms with Gasteiger partial charge in [-0.05, 0) is 0 Å². The number of aliphatic hydroxyl groups excluding tert-OH is 1. The first-order valence-electron chi connectivity index (χ1n) is 4.48. The van der Waals surface area contributed by atoms with Crippen molar-refractivity contribution in [1.82, 2.24) is 15.0 Å². The molecule has 1 heterocycles. The molecule has 2 rings (SSSR count). The van der Waals surface area contributed by atoms with Crippen LogP contribution in [0.15, 0.2) is 43.0 Å². The predicted molar refractivity (Wildman–Crippen MR) is 54.9 cm³/mol. The topological polar surface area (TPSA) is 70.9 Å². The predicted octanol–water partition coefficient (Wildman–Crippen LogP) is 0.975. The SMILES string of the molecule is OC(Nc1ncncn1)c1ccccc1. The van der Waals surface area contributed by atoms with Crippen LogP contribution < -0.4 is 5.32 Å². The molecule has 1 unspecified atom stereocenters. The Labute approximate surface area is 86.9 Å². The van der Waals surface area contributed by atoms with Gasteiger partial charge in [-0.2, -0.15) is 0 Å². The van der Waals surface area contributed by atoms with Gasteiger partial charge in [0, 0.05) is 5.56 Å². The molecule has 0 spiro atoms. The molecule has 5 nitrogen and oxygen atoms in total. The average Bonchev–Trinajstić information content (AvgIpc) is 2.31. The molecule has 0 aliphatic rings. The van der Waals surface area contributed by atoms with E-state index in [2.05, 4.69) is 20.3 Å². The fourth-order valence-electron chi connectivity index (χ4n) is 1.15. The zero-order chi connectivity index (χ0) is 10.5. The lowest BCUT2D eigenvalue weighted by molar-refractivity contribution is 0.207. The number of rotatable bonds is 3. The Balaban J connectivity index is 2.08. The summed E-state index contributed by atoms with van der Waals surface area (Å²) in [6.07, 6.45) is 1.92. The van der Waals surface area contributed by atoms with Gasteiger partial charge in [0.05, 0.1) is 0 Å². The summed E-state index contributed by atoms with van der Waals surface area (Å²) in [4.78, 5) is 11.4. The van der Waals surface area contributed by atoms with Crippen molar-refractivity contribution in [3.05, 3.63) is 48.5 Å². The number of hydrogen-bond donors (Lipinski definition) is 2. The quantitative estimate of drug-likeness (QED) is 0.726. The van der Waals surface area contributed by atoms with Crippen molar-refractivity contribution >= 4 is 5.95 Å². The Bertz CT molecular complexity index is 406. The Morgan fingerprint density at radius 3 is 2.40 bits per heavy atom. The van der Waals surface area contributed by atoms with E-state index < -0.39 is 6.23 Å². The van der Waals surface area contributed by atoms with Gasteiger partial charge < -0.3 is 10.4 Å². The van der Waals surface area contributed by atoms with Crippen LogP contribution in [0.1, 0.15) is 11.8 Å². The Morgan fingerprint density at radius 2 is 1.73 bits per heavy atom. The molecule has 0 amide bonds. The van der Waals surface area contributed by atoms with Crippen LogP contribution >= 0.6 is 0 Å². The van der Waals surface area contributed by atoms with Crippen LogP contribution in [0.2, 0.25) is 0 Å². The average molecular weight is 202 g/mol. The first kappa shape index (κ1) is 9.54. The minimum absolute atomic E-state index is 0.348. The van der Waals surface area contributed by atoms with E-state index in [4.69, 9.17) is 0 Å². The van der Waals surface area contributed by atoms with Gasteiger partial charge in [-0.15, -0.1) is 0 Å². The molecule has 0 bridgehead atoms. The van der Waals surface area contributed by atoms with Crippen LogP contribution in [0.3, 0.4) is 0 Å². The van der Waals surface area contributed by atoms with E-state index in [1.165, 1.54) is 12.7 Å². The van der Waals surface area contributed by atoms with E-state index in [1.807, 2.05) is 30.3 Å². The lowest BCUT2D eigenvalue weighted by Crippen LogP contribution is -2.11. The van der Waals surface area contributed by atoms with Gasteiger partial charge in [0.25, 0.3) is 0 Å². The summed E-state index contributed by atoms with van der Waals surface area (Å²) >= 11 is 0. The second-order valence-corrected chi connectivity index (χ2v) is 2.92. The van der Waals surface area contributed by atoms with Gasteiger partial charge in [-0.3, -0.25) is 0 Å². The lowest BCUT2D eigenvalue weighted by Gasteiger charge is -2.11. The van der Waals surface area contributed by atoms with E-state index >= 15 is 0 Å². The number of nitrogens with zero attached hydrogens (tertiary/aromatic N) is 3. The Morgan fingerprint density at radius 1 is 1.07 bits per heavy atom. The summed E-state index contributed by atoms with van der Waals surface area (Å²) in [6, 6.07) is 9.23. The van der Waals surface area contributed by atoms with Gasteiger partial charge in [0.1, 0.15) is 12.7 Å². The lowest BCUT2D eigenvalue weighted by atomic mass is 10.2. The molecule has 0 aliphatic heterocycles. The molecule has 1 aromatic heterocycles. The van der Waals surface area contributed by atoms with E-state index in [0.29, 0.717) is 5.95 Å². The second-order valence-electron chi connectivity index (χ2n) is 2.92. The van der Waals surface area contributed by atoms with E-state index in [0.717, 1.165) is 5.56 Å². The maximum Gasteiger partial charge on any atom is 0.227 e. The first-order valence-corrected chi connectivity index (χ1v) is 4.48. The van der Waals surface area contributed by atoms with E-state index in [1.54, 1.807) is 0 Å². The fraction of sp³-hybridized carbons (Fsp3) is 0.100. The van der Waals surface area contributed by atoms with Crippen LogP contribution in [0, 0.1) is 0 Å². The van der Waals surface area contributed by atoms with Crippen molar-refractivity contribution in [2.24, 2.45) is 0 Å². The zero-order valence-corrected chi connectivity index (χ0v) is 7.91. The highest BCUT2D eigenvalue weighted by Crippen LogP contribution is 2.12. The fourth-order valence-corrected chi connectivity index (χ4v) is 1.15. The third-order valence-electron chi connectivity index (χ3n) is 1.87. The minimum atomic E-state index is -0.811. The van der Waals surface area contributed by atoms with Gasteiger partial charge in [-0.25, -0.2) is 15.0 Å². The number of anilines is 1. The Hall–Kier alpha value is -2.01. The summed E-state index contributed by atoms with van der Waals surface area (Å²) in [5.74, 6) is 0.348. The normalized spacial score (nSPS) is 12.1. The molecule has 15 heavy (non-hydrogen) atoms. The highest BCUT2D eigenvalue weighted by atomic mass is 16.3. The summed E-state index contributed by atoms with van der Waals surface area (Å²) < 4.78 is 0. The number of hydrogen-bond acceptors (Lipinski definition) is 5. The van der Waals surface area contributed by atoms with Crippen molar-refractivity contribution in [1.29, 1.82) is 0 Å². The maximum absolute atomic E-state index is 9.76. The summed E-state index contributed by atoms with van der Waals surface area (Å²) in [7, 11) is 0. The number of benzene rings is 1. The monoisotopic (exact) mass is 202 g/mol. The molecule has 5 heteroatoms. The van der Waals surface area contributed by atoms with E-state index in [9.17, 15) is 5.11 Å². The zero-order valence-electron chi connectivity index (χ0n) is 7.91. The molecule has 0 saturated heterocycles. The van der Waals surface area contributed by atoms with Gasteiger partial charge in [0.15, 0.2) is 6.23 Å². The molecule has 0 radical (unpaired) electrons. The van der Waals surface area contributed by atoms with Crippen molar-refractivity contribution in [3.63, 3.8) is 0 Å². The molecule has 0 saturated carbocycles. The molecular weight excluding hydrogens is 192 g/mol. The third kappa shape index (κ3) is 2.47. The summed E-state index contributed by atoms with van der Waals surface area (Å²) in [5, 5.41) is 12.5. The highest BCUT2D eigenvalue weighted by molar-refractivity contribution is 5.28. The number of nitrogens with one attached hydrogen (secondary N) is 1. The third-order valence-corrected chi connectivity index (χ3v) is 1.87. The standard InChI is InChI=1S/C10H10N4O/c15-9(8-4-2-1-3-5-8)14-10-12-6-11-7-13-10/h1-7,9,15H,(H,11,12,13,14). The molecule has 2 aromatic rings. The van der Waals surface area contributed by atoms with Crippen LogP contribution in [0.25, 0.3) is 0 Å². The van der Waals surface area contributed by atoms with Crippen molar-refractivity contribution in [2.75, 3.05) is 5.32 Å². The molecule has 0 aliphatic carbocycles. The smallest absolute Gasteiger partial charge is 0.227 e. The van der Waals surface area contributed by atoms with Crippen molar-refractivity contribution in [2.45, 2.75) is 6.23 Å². The van der Waals surface area contributed by atoms with Gasteiger partial charge in [-0.1, -0.05) is 30.3 Å². The van der Waals surface area contributed by atoms with Crippen molar-refractivity contribution in [3.8, 4) is 0 Å². The largest absolute Gasteiger partial charge is 0.369 e. The summed E-state index contributed by atoms with van der Waals surface area (Å²) in [5.41, 5.74) is 0.762. The molecule has 0 fully saturated rings. The maximum atomic E-state index is 9.76. The highest BCUT2D eigenvalue weighted by Gasteiger charge is 2.06. The molecular formula is C10H10N4O. The van der Waals surface area contributed by atoms with Crippen molar-refractivity contribution < 1.29 is 5.11 Å². The first-order chi connectivity index (χ1) is 7.36.